The van der Waals surface area contributed by atoms with Crippen LogP contribution in [0.5, 0.6) is 0 Å². The Bertz CT molecular complexity index is 1220. The number of Topliss-reactive ketones (excluding diaryl/α,β-unsaturated/α-hetero) is 2. The molecule has 1 aliphatic heterocycles. The summed E-state index contributed by atoms with van der Waals surface area (Å²) < 4.78 is 15.9. The first-order chi connectivity index (χ1) is 19.6. The maximum absolute atomic E-state index is 13.6. The zero-order chi connectivity index (χ0) is 29.6. The van der Waals surface area contributed by atoms with Crippen molar-refractivity contribution in [2.24, 2.45) is 17.8 Å². The summed E-state index contributed by atoms with van der Waals surface area (Å²) in [4.78, 5) is 53.2. The number of methoxy groups -OCH3 is 1. The molecule has 4 rings (SSSR count). The third-order valence-corrected chi connectivity index (χ3v) is 7.59. The molecule has 0 spiro atoms. The van der Waals surface area contributed by atoms with Gasteiger partial charge in [-0.05, 0) is 50.0 Å². The number of nitrogens with one attached hydrogen (secondary N) is 2. The molecule has 0 unspecified atom stereocenters. The zero-order valence-electron chi connectivity index (χ0n) is 24.3. The Kier molecular flexibility index (Phi) is 10.1. The van der Waals surface area contributed by atoms with E-state index >= 15 is 0 Å². The smallest absolute Gasteiger partial charge is 0.274 e. The Balaban J connectivity index is 1.46. The summed E-state index contributed by atoms with van der Waals surface area (Å²) in [6.07, 6.45) is 3.61. The van der Waals surface area contributed by atoms with Crippen LogP contribution in [0, 0.1) is 17.8 Å². The highest BCUT2D eigenvalue weighted by Gasteiger charge is 2.50. The number of hydrogen-bond donors (Lipinski definition) is 2. The normalized spacial score (nSPS) is 20.2. The van der Waals surface area contributed by atoms with Crippen LogP contribution in [0.15, 0.2) is 40.9 Å². The Hall–Kier alpha value is -3.37. The molecule has 41 heavy (non-hydrogen) atoms. The number of epoxide rings is 1. The minimum Gasteiger partial charge on any atom is -0.382 e. The van der Waals surface area contributed by atoms with Crippen LogP contribution in [-0.4, -0.2) is 66.5 Å². The number of benzene rings is 1. The third kappa shape index (κ3) is 8.81. The van der Waals surface area contributed by atoms with E-state index < -0.39 is 35.4 Å². The van der Waals surface area contributed by atoms with Gasteiger partial charge in [0.1, 0.15) is 17.4 Å². The van der Waals surface area contributed by atoms with E-state index in [-0.39, 0.29) is 42.6 Å². The second kappa shape index (κ2) is 13.5. The van der Waals surface area contributed by atoms with Crippen molar-refractivity contribution in [3.8, 4) is 0 Å². The first-order valence-corrected chi connectivity index (χ1v) is 14.4. The van der Waals surface area contributed by atoms with Crippen LogP contribution < -0.4 is 10.6 Å². The van der Waals surface area contributed by atoms with Crippen LogP contribution >= 0.6 is 0 Å². The number of ketones is 2. The molecule has 2 heterocycles. The molecule has 0 bridgehead atoms. The molecule has 1 aliphatic carbocycles. The Morgan fingerprint density at radius 3 is 2.41 bits per heavy atom. The van der Waals surface area contributed by atoms with Crippen LogP contribution in [0.1, 0.15) is 68.3 Å². The number of hydrogen-bond acceptors (Lipinski definition) is 8. The fraction of sp³-hybridized carbons (Fsp3) is 0.581. The van der Waals surface area contributed by atoms with Crippen LogP contribution in [0.3, 0.4) is 0 Å². The summed E-state index contributed by atoms with van der Waals surface area (Å²) in [7, 11) is 1.44. The van der Waals surface area contributed by atoms with E-state index in [1.807, 2.05) is 44.2 Å². The second-order valence-electron chi connectivity index (χ2n) is 11.9. The Morgan fingerprint density at radius 2 is 1.80 bits per heavy atom. The number of carbonyl (C=O) groups excluding carboxylic acids is 4. The van der Waals surface area contributed by atoms with Crippen molar-refractivity contribution in [1.29, 1.82) is 0 Å². The van der Waals surface area contributed by atoms with Crippen molar-refractivity contribution in [2.45, 2.75) is 77.0 Å². The number of rotatable bonds is 17. The van der Waals surface area contributed by atoms with E-state index in [9.17, 15) is 19.2 Å². The molecule has 2 amide bonds. The number of aromatic nitrogens is 1. The first kappa shape index (κ1) is 30.6. The monoisotopic (exact) mass is 567 g/mol. The largest absolute Gasteiger partial charge is 0.382 e. The molecule has 2 aromatic rings. The van der Waals surface area contributed by atoms with Crippen molar-refractivity contribution in [1.82, 2.24) is 15.8 Å². The molecular formula is C31H41N3O7. The lowest BCUT2D eigenvalue weighted by atomic mass is 9.89. The van der Waals surface area contributed by atoms with Gasteiger partial charge in [-0.1, -0.05) is 49.3 Å². The highest BCUT2D eigenvalue weighted by atomic mass is 16.6. The average molecular weight is 568 g/mol. The van der Waals surface area contributed by atoms with Crippen molar-refractivity contribution in [2.75, 3.05) is 20.3 Å². The molecule has 2 N–H and O–H groups in total. The number of carbonyl (C=O) groups is 4. The molecule has 1 saturated heterocycles. The molecule has 1 aromatic carbocycles. The minimum atomic E-state index is -0.992. The van der Waals surface area contributed by atoms with Crippen LogP contribution in [0.25, 0.3) is 0 Å². The van der Waals surface area contributed by atoms with Gasteiger partial charge in [-0.3, -0.25) is 19.2 Å². The summed E-state index contributed by atoms with van der Waals surface area (Å²) >= 11 is 0. The lowest BCUT2D eigenvalue weighted by Crippen LogP contribution is -2.50. The van der Waals surface area contributed by atoms with Crippen LogP contribution in [0.4, 0.5) is 0 Å². The van der Waals surface area contributed by atoms with Gasteiger partial charge < -0.3 is 24.6 Å². The highest BCUT2D eigenvalue weighted by molar-refractivity contribution is 5.99. The fourth-order valence-corrected chi connectivity index (χ4v) is 4.89. The summed E-state index contributed by atoms with van der Waals surface area (Å²) in [6, 6.07) is 9.27. The molecule has 1 aromatic heterocycles. The van der Waals surface area contributed by atoms with E-state index in [1.165, 1.54) is 7.11 Å². The molecule has 0 radical (unpaired) electrons. The highest BCUT2D eigenvalue weighted by Crippen LogP contribution is 2.33. The predicted octanol–water partition coefficient (Wildman–Crippen LogP) is 3.08. The van der Waals surface area contributed by atoms with Crippen molar-refractivity contribution in [3.63, 3.8) is 0 Å². The van der Waals surface area contributed by atoms with E-state index in [2.05, 4.69) is 15.8 Å². The predicted molar refractivity (Wildman–Crippen MR) is 150 cm³/mol. The number of nitrogens with zero attached hydrogens (tertiary/aromatic N) is 1. The van der Waals surface area contributed by atoms with Gasteiger partial charge in [0.05, 0.1) is 19.3 Å². The van der Waals surface area contributed by atoms with Crippen LogP contribution in [0.2, 0.25) is 0 Å². The standard InChI is InChI=1S/C31H41N3O7/c1-19(2)12-24(28(36)31(3)18-40-31)32-29(37)22(13-20-8-6-5-7-9-20)15-27(35)26(17-39-4)33-30(38)25-16-23(41-34-25)14-21-10-11-21/h5-9,16,19,21-22,24,26H,10-15,17-18H2,1-4H3,(H,32,37)(H,33,38)/t22-,24+,26+,31-/m1/s1. The molecule has 10 heteroatoms. The molecule has 10 nitrogen and oxygen atoms in total. The van der Waals surface area contributed by atoms with Crippen LogP contribution in [-0.2, 0) is 36.7 Å². The number of ether oxygens (including phenoxy) is 2. The van der Waals surface area contributed by atoms with Crippen molar-refractivity contribution in [3.05, 3.63) is 53.4 Å². The summed E-state index contributed by atoms with van der Waals surface area (Å²) in [5, 5.41) is 9.49. The molecule has 4 atom stereocenters. The van der Waals surface area contributed by atoms with E-state index in [0.29, 0.717) is 24.7 Å². The molecular weight excluding hydrogens is 526 g/mol. The average Bonchev–Trinajstić information content (AvgIpc) is 3.85. The number of amides is 2. The lowest BCUT2D eigenvalue weighted by Gasteiger charge is -2.25. The Labute approximate surface area is 240 Å². The maximum atomic E-state index is 13.6. The third-order valence-electron chi connectivity index (χ3n) is 7.59. The Morgan fingerprint density at radius 1 is 1.10 bits per heavy atom. The fourth-order valence-electron chi connectivity index (χ4n) is 4.89. The van der Waals surface area contributed by atoms with Gasteiger partial charge in [0.25, 0.3) is 5.91 Å². The van der Waals surface area contributed by atoms with E-state index in [4.69, 9.17) is 14.0 Å². The van der Waals surface area contributed by atoms with Gasteiger partial charge >= 0.3 is 0 Å². The van der Waals surface area contributed by atoms with Gasteiger partial charge in [0.2, 0.25) is 5.91 Å². The van der Waals surface area contributed by atoms with Gasteiger partial charge in [0, 0.05) is 31.9 Å². The summed E-state index contributed by atoms with van der Waals surface area (Å²) in [5.74, 6) is -0.862. The van der Waals surface area contributed by atoms with Gasteiger partial charge in [-0.15, -0.1) is 0 Å². The SMILES string of the molecule is COC[C@H](NC(=O)c1cc(CC2CC2)on1)C(=O)C[C@@H](Cc1ccccc1)C(=O)N[C@@H](CC(C)C)C(=O)[C@@]1(C)CO1. The van der Waals surface area contributed by atoms with Crippen molar-refractivity contribution < 1.29 is 33.2 Å². The summed E-state index contributed by atoms with van der Waals surface area (Å²) in [5.41, 5.74) is 0.0900. The molecule has 2 fully saturated rings. The minimum absolute atomic E-state index is 0.0683. The molecule has 222 valence electrons. The van der Waals surface area contributed by atoms with E-state index in [0.717, 1.165) is 24.8 Å². The van der Waals surface area contributed by atoms with Gasteiger partial charge in [-0.25, -0.2) is 0 Å². The summed E-state index contributed by atoms with van der Waals surface area (Å²) in [6.45, 7) is 5.95. The van der Waals surface area contributed by atoms with Gasteiger partial charge in [0.15, 0.2) is 17.3 Å². The topological polar surface area (TPSA) is 140 Å². The van der Waals surface area contributed by atoms with E-state index in [1.54, 1.807) is 13.0 Å². The second-order valence-corrected chi connectivity index (χ2v) is 11.9. The zero-order valence-corrected chi connectivity index (χ0v) is 24.3. The quantitative estimate of drug-likeness (QED) is 0.278. The van der Waals surface area contributed by atoms with Gasteiger partial charge in [-0.2, -0.15) is 0 Å². The molecule has 2 aliphatic rings. The first-order valence-electron chi connectivity index (χ1n) is 14.4. The molecule has 1 saturated carbocycles. The van der Waals surface area contributed by atoms with Crippen molar-refractivity contribution >= 4 is 23.4 Å². The maximum Gasteiger partial charge on any atom is 0.274 e. The lowest BCUT2D eigenvalue weighted by molar-refractivity contribution is -0.134.